The molecule has 0 amide bonds. The Bertz CT molecular complexity index is 520. The molecule has 2 aromatic carbocycles. The second-order valence-corrected chi connectivity index (χ2v) is 4.85. The van der Waals surface area contributed by atoms with Gasteiger partial charge in [0.25, 0.3) is 5.92 Å². The molecule has 0 unspecified atom stereocenters. The summed E-state index contributed by atoms with van der Waals surface area (Å²) in [5.41, 5.74) is 1.54. The van der Waals surface area contributed by atoms with Crippen LogP contribution in [0.4, 0.5) is 8.78 Å². The van der Waals surface area contributed by atoms with Crippen LogP contribution in [-0.4, -0.2) is 6.61 Å². The van der Waals surface area contributed by atoms with Gasteiger partial charge in [0.1, 0.15) is 0 Å². The summed E-state index contributed by atoms with van der Waals surface area (Å²) >= 11 is 3.33. The van der Waals surface area contributed by atoms with Crippen molar-refractivity contribution >= 4 is 15.9 Å². The molecule has 1 nitrogen and oxygen atoms in total. The molecule has 4 heteroatoms. The number of halogens is 3. The fourth-order valence-electron chi connectivity index (χ4n) is 1.63. The van der Waals surface area contributed by atoms with Crippen LogP contribution in [0.5, 0.6) is 0 Å². The van der Waals surface area contributed by atoms with Crippen LogP contribution in [0, 0.1) is 0 Å². The Balaban J connectivity index is 2.30. The third kappa shape index (κ3) is 2.76. The van der Waals surface area contributed by atoms with Crippen molar-refractivity contribution in [1.82, 2.24) is 0 Å². The van der Waals surface area contributed by atoms with E-state index in [0.717, 1.165) is 15.6 Å². The fraction of sp³-hybridized carbons (Fsp3) is 0.143. The average molecular weight is 312 g/mol. The summed E-state index contributed by atoms with van der Waals surface area (Å²) in [5.74, 6) is -3.29. The van der Waals surface area contributed by atoms with Crippen LogP contribution in [-0.2, 0) is 11.0 Å². The zero-order valence-corrected chi connectivity index (χ0v) is 11.0. The van der Waals surface area contributed by atoms with E-state index in [4.69, 9.17) is 0 Å². The highest BCUT2D eigenvalue weighted by Crippen LogP contribution is 2.29. The molecule has 0 saturated carbocycles. The zero-order valence-electron chi connectivity index (χ0n) is 9.37. The van der Waals surface area contributed by atoms with Crippen LogP contribution in [0.25, 0.3) is 11.1 Å². The Morgan fingerprint density at radius 3 is 1.78 bits per heavy atom. The van der Waals surface area contributed by atoms with E-state index in [0.29, 0.717) is 0 Å². The van der Waals surface area contributed by atoms with E-state index in [-0.39, 0.29) is 5.56 Å². The second kappa shape index (κ2) is 5.16. The van der Waals surface area contributed by atoms with Crippen LogP contribution in [0.1, 0.15) is 5.56 Å². The van der Waals surface area contributed by atoms with Crippen molar-refractivity contribution in [3.05, 3.63) is 58.6 Å². The summed E-state index contributed by atoms with van der Waals surface area (Å²) in [4.78, 5) is 0. The lowest BCUT2D eigenvalue weighted by Gasteiger charge is -2.13. The average Bonchev–Trinajstić information content (AvgIpc) is 2.40. The van der Waals surface area contributed by atoms with Crippen molar-refractivity contribution in [2.75, 3.05) is 6.61 Å². The molecule has 1 radical (unpaired) electrons. The summed E-state index contributed by atoms with van der Waals surface area (Å²) in [5, 5.41) is 10.4. The molecule has 0 aromatic heterocycles. The van der Waals surface area contributed by atoms with Crippen LogP contribution in [0.15, 0.2) is 53.0 Å². The lowest BCUT2D eigenvalue weighted by atomic mass is 10.0. The first-order chi connectivity index (χ1) is 8.53. The molecular formula is C14H10BrF2O. The van der Waals surface area contributed by atoms with E-state index in [9.17, 15) is 13.9 Å². The zero-order chi connectivity index (χ0) is 13.2. The molecule has 0 N–H and O–H groups in total. The molecule has 0 heterocycles. The number of hydrogen-bond donors (Lipinski definition) is 0. The van der Waals surface area contributed by atoms with E-state index in [1.807, 2.05) is 24.3 Å². The van der Waals surface area contributed by atoms with E-state index in [1.165, 1.54) is 12.1 Å². The highest BCUT2D eigenvalue weighted by molar-refractivity contribution is 9.10. The van der Waals surface area contributed by atoms with Gasteiger partial charge in [-0.25, -0.2) is 5.11 Å². The van der Waals surface area contributed by atoms with E-state index in [1.54, 1.807) is 12.1 Å². The summed E-state index contributed by atoms with van der Waals surface area (Å²) in [6.07, 6.45) is 0. The van der Waals surface area contributed by atoms with Gasteiger partial charge in [0, 0.05) is 10.0 Å². The lowest BCUT2D eigenvalue weighted by Crippen LogP contribution is -2.17. The number of benzene rings is 2. The molecule has 0 atom stereocenters. The SMILES string of the molecule is [O]CC(F)(F)c1ccc(-c2ccc(Br)cc2)cc1. The first-order valence-corrected chi connectivity index (χ1v) is 6.14. The number of hydrogen-bond acceptors (Lipinski definition) is 0. The van der Waals surface area contributed by atoms with Crippen molar-refractivity contribution in [2.24, 2.45) is 0 Å². The lowest BCUT2D eigenvalue weighted by molar-refractivity contribution is -0.0783. The Morgan fingerprint density at radius 1 is 0.889 bits per heavy atom. The highest BCUT2D eigenvalue weighted by atomic mass is 79.9. The van der Waals surface area contributed by atoms with Crippen LogP contribution in [0.3, 0.4) is 0 Å². The topological polar surface area (TPSA) is 19.9 Å². The van der Waals surface area contributed by atoms with Crippen molar-refractivity contribution < 1.29 is 13.9 Å². The molecule has 18 heavy (non-hydrogen) atoms. The number of rotatable bonds is 3. The van der Waals surface area contributed by atoms with Gasteiger partial charge in [0.05, 0.1) is 0 Å². The van der Waals surface area contributed by atoms with E-state index >= 15 is 0 Å². The third-order valence-electron chi connectivity index (χ3n) is 2.67. The maximum absolute atomic E-state index is 13.2. The van der Waals surface area contributed by atoms with Crippen molar-refractivity contribution in [1.29, 1.82) is 0 Å². The molecule has 0 fully saturated rings. The summed E-state index contributed by atoms with van der Waals surface area (Å²) in [6, 6.07) is 13.4. The van der Waals surface area contributed by atoms with Gasteiger partial charge in [-0.2, -0.15) is 8.78 Å². The van der Waals surface area contributed by atoms with Gasteiger partial charge < -0.3 is 0 Å². The molecule has 2 rings (SSSR count). The summed E-state index contributed by atoms with van der Waals surface area (Å²) < 4.78 is 27.3. The molecule has 0 aliphatic carbocycles. The van der Waals surface area contributed by atoms with Crippen molar-refractivity contribution in [2.45, 2.75) is 5.92 Å². The molecule has 0 aliphatic rings. The smallest absolute Gasteiger partial charge is 0.230 e. The molecule has 0 spiro atoms. The van der Waals surface area contributed by atoms with Gasteiger partial charge >= 0.3 is 0 Å². The van der Waals surface area contributed by atoms with Gasteiger partial charge in [-0.15, -0.1) is 0 Å². The summed E-state index contributed by atoms with van der Waals surface area (Å²) in [6.45, 7) is -1.43. The maximum atomic E-state index is 13.2. The number of alkyl halides is 2. The molecule has 0 bridgehead atoms. The molecule has 0 saturated heterocycles. The molecule has 2 aromatic rings. The first kappa shape index (κ1) is 13.2. The van der Waals surface area contributed by atoms with Crippen molar-refractivity contribution in [3.63, 3.8) is 0 Å². The van der Waals surface area contributed by atoms with Crippen LogP contribution in [0.2, 0.25) is 0 Å². The van der Waals surface area contributed by atoms with E-state index < -0.39 is 12.5 Å². The standard InChI is InChI=1S/C14H10BrF2O/c15-13-7-3-11(4-8-13)10-1-5-12(6-2-10)14(16,17)9-18/h1-8H,9H2. The molecule has 93 valence electrons. The van der Waals surface area contributed by atoms with Crippen LogP contribution >= 0.6 is 15.9 Å². The minimum atomic E-state index is -3.29. The van der Waals surface area contributed by atoms with E-state index in [2.05, 4.69) is 15.9 Å². The Labute approximate surface area is 112 Å². The monoisotopic (exact) mass is 311 g/mol. The predicted octanol–water partition coefficient (Wildman–Crippen LogP) is 4.64. The van der Waals surface area contributed by atoms with Gasteiger partial charge in [0.15, 0.2) is 6.61 Å². The third-order valence-corrected chi connectivity index (χ3v) is 3.19. The Hall–Kier alpha value is -1.26. The second-order valence-electron chi connectivity index (χ2n) is 3.93. The minimum Gasteiger partial charge on any atom is -0.230 e. The molecular weight excluding hydrogens is 302 g/mol. The fourth-order valence-corrected chi connectivity index (χ4v) is 1.90. The summed E-state index contributed by atoms with van der Waals surface area (Å²) in [7, 11) is 0. The van der Waals surface area contributed by atoms with Gasteiger partial charge in [-0.05, 0) is 23.3 Å². The minimum absolute atomic E-state index is 0.238. The first-order valence-electron chi connectivity index (χ1n) is 5.35. The normalized spacial score (nSPS) is 11.6. The van der Waals surface area contributed by atoms with Crippen molar-refractivity contribution in [3.8, 4) is 11.1 Å². The predicted molar refractivity (Wildman–Crippen MR) is 69.0 cm³/mol. The quantitative estimate of drug-likeness (QED) is 0.787. The maximum Gasteiger partial charge on any atom is 0.299 e. The highest BCUT2D eigenvalue weighted by Gasteiger charge is 2.31. The van der Waals surface area contributed by atoms with Crippen LogP contribution < -0.4 is 0 Å². The Kier molecular flexibility index (Phi) is 3.78. The van der Waals surface area contributed by atoms with Gasteiger partial charge in [-0.3, -0.25) is 0 Å². The molecule has 0 aliphatic heterocycles. The van der Waals surface area contributed by atoms with Gasteiger partial charge in [-0.1, -0.05) is 52.3 Å². The Morgan fingerprint density at radius 2 is 1.33 bits per heavy atom. The largest absolute Gasteiger partial charge is 0.299 e. The van der Waals surface area contributed by atoms with Gasteiger partial charge in [0.2, 0.25) is 0 Å².